The van der Waals surface area contributed by atoms with Gasteiger partial charge in [0.1, 0.15) is 0 Å². The highest BCUT2D eigenvalue weighted by Crippen LogP contribution is 2.20. The number of carbonyl (C=O) groups is 1. The number of hydrogen-bond acceptors (Lipinski definition) is 2. The van der Waals surface area contributed by atoms with Gasteiger partial charge in [-0.3, -0.25) is 0 Å². The summed E-state index contributed by atoms with van der Waals surface area (Å²) in [6.07, 6.45) is 4.19. The highest BCUT2D eigenvalue weighted by molar-refractivity contribution is 6.31. The fourth-order valence-corrected chi connectivity index (χ4v) is 2.53. The van der Waals surface area contributed by atoms with Gasteiger partial charge >= 0.3 is 6.03 Å². The molecule has 104 valence electrons. The maximum Gasteiger partial charge on any atom is 0.319 e. The van der Waals surface area contributed by atoms with Crippen LogP contribution in [-0.4, -0.2) is 18.1 Å². The van der Waals surface area contributed by atoms with Crippen LogP contribution in [0.1, 0.15) is 31.2 Å². The summed E-state index contributed by atoms with van der Waals surface area (Å²) in [5, 5.41) is 6.37. The highest BCUT2D eigenvalue weighted by atomic mass is 35.5. The molecule has 4 nitrogen and oxygen atoms in total. The molecule has 0 bridgehead atoms. The molecule has 4 N–H and O–H groups in total. The normalized spacial score (nSPS) is 22.9. The first-order valence-electron chi connectivity index (χ1n) is 6.65. The summed E-state index contributed by atoms with van der Waals surface area (Å²) in [6.45, 7) is 1.92. The monoisotopic (exact) mass is 281 g/mol. The van der Waals surface area contributed by atoms with E-state index in [2.05, 4.69) is 10.6 Å². The predicted molar refractivity (Wildman–Crippen MR) is 78.6 cm³/mol. The number of aryl methyl sites for hydroxylation is 1. The lowest BCUT2D eigenvalue weighted by molar-refractivity contribution is 0.240. The molecule has 0 unspecified atom stereocenters. The molecule has 1 aromatic carbocycles. The Hall–Kier alpha value is -1.26. The van der Waals surface area contributed by atoms with E-state index < -0.39 is 0 Å². The van der Waals surface area contributed by atoms with Gasteiger partial charge in [-0.2, -0.15) is 0 Å². The van der Waals surface area contributed by atoms with Crippen LogP contribution >= 0.6 is 11.6 Å². The largest absolute Gasteiger partial charge is 0.334 e. The molecular weight excluding hydrogens is 262 g/mol. The van der Waals surface area contributed by atoms with Crippen LogP contribution in [0.5, 0.6) is 0 Å². The SMILES string of the molecule is Cc1ccc(NC(=O)N[C@@H]2CCCC[C@H]2N)cc1Cl. The molecule has 2 rings (SSSR count). The van der Waals surface area contributed by atoms with Crippen molar-refractivity contribution >= 4 is 23.3 Å². The molecular formula is C14H20ClN3O. The maximum absolute atomic E-state index is 11.9. The standard InChI is InChI=1S/C14H20ClN3O/c1-9-6-7-10(8-11(9)15)17-14(19)18-13-5-3-2-4-12(13)16/h6-8,12-13H,2-5,16H2,1H3,(H2,17,18,19)/t12-,13-/m1/s1. The molecule has 2 amide bonds. The van der Waals surface area contributed by atoms with Gasteiger partial charge in [0.15, 0.2) is 0 Å². The molecule has 19 heavy (non-hydrogen) atoms. The Morgan fingerprint density at radius 2 is 2.11 bits per heavy atom. The number of urea groups is 1. The minimum absolute atomic E-state index is 0.0566. The highest BCUT2D eigenvalue weighted by Gasteiger charge is 2.23. The lowest BCUT2D eigenvalue weighted by Gasteiger charge is -2.29. The zero-order chi connectivity index (χ0) is 13.8. The van der Waals surface area contributed by atoms with Crippen molar-refractivity contribution in [2.45, 2.75) is 44.7 Å². The van der Waals surface area contributed by atoms with E-state index in [0.717, 1.165) is 31.2 Å². The number of halogens is 1. The van der Waals surface area contributed by atoms with Crippen molar-refractivity contribution in [3.63, 3.8) is 0 Å². The van der Waals surface area contributed by atoms with E-state index >= 15 is 0 Å². The summed E-state index contributed by atoms with van der Waals surface area (Å²) in [5.74, 6) is 0. The number of carbonyl (C=O) groups excluding carboxylic acids is 1. The maximum atomic E-state index is 11.9. The molecule has 0 heterocycles. The van der Waals surface area contributed by atoms with Crippen LogP contribution in [0.4, 0.5) is 10.5 Å². The first kappa shape index (κ1) is 14.2. The molecule has 2 atom stereocenters. The average molecular weight is 282 g/mol. The minimum Gasteiger partial charge on any atom is -0.334 e. The molecule has 0 spiro atoms. The molecule has 0 saturated heterocycles. The third kappa shape index (κ3) is 3.85. The first-order chi connectivity index (χ1) is 9.06. The number of benzene rings is 1. The van der Waals surface area contributed by atoms with Crippen molar-refractivity contribution in [3.05, 3.63) is 28.8 Å². The van der Waals surface area contributed by atoms with Crippen LogP contribution in [0.2, 0.25) is 5.02 Å². The van der Waals surface area contributed by atoms with Crippen LogP contribution in [0.3, 0.4) is 0 Å². The molecule has 1 aromatic rings. The van der Waals surface area contributed by atoms with E-state index in [1.165, 1.54) is 0 Å². The Labute approximate surface area is 118 Å². The average Bonchev–Trinajstić information content (AvgIpc) is 2.37. The van der Waals surface area contributed by atoms with Gasteiger partial charge in [0.25, 0.3) is 0 Å². The van der Waals surface area contributed by atoms with Crippen LogP contribution in [0.15, 0.2) is 18.2 Å². The minimum atomic E-state index is -0.220. The molecule has 5 heteroatoms. The number of nitrogens with one attached hydrogen (secondary N) is 2. The predicted octanol–water partition coefficient (Wildman–Crippen LogP) is 3.04. The molecule has 1 aliphatic carbocycles. The Bertz CT molecular complexity index is 464. The van der Waals surface area contributed by atoms with Gasteiger partial charge in [0.05, 0.1) is 0 Å². The zero-order valence-corrected chi connectivity index (χ0v) is 11.8. The fraction of sp³-hybridized carbons (Fsp3) is 0.500. The van der Waals surface area contributed by atoms with E-state index in [9.17, 15) is 4.79 Å². The summed E-state index contributed by atoms with van der Waals surface area (Å²) in [6, 6.07) is 5.36. The fourth-order valence-electron chi connectivity index (χ4n) is 2.34. The number of amides is 2. The Morgan fingerprint density at radius 3 is 2.79 bits per heavy atom. The number of nitrogens with two attached hydrogens (primary N) is 1. The van der Waals surface area contributed by atoms with E-state index in [1.807, 2.05) is 19.1 Å². The van der Waals surface area contributed by atoms with Crippen molar-refractivity contribution in [1.29, 1.82) is 0 Å². The van der Waals surface area contributed by atoms with Gasteiger partial charge in [-0.1, -0.05) is 30.5 Å². The van der Waals surface area contributed by atoms with Crippen molar-refractivity contribution in [1.82, 2.24) is 5.32 Å². The van der Waals surface area contributed by atoms with Gasteiger partial charge in [0, 0.05) is 22.8 Å². The van der Waals surface area contributed by atoms with Crippen LogP contribution in [-0.2, 0) is 0 Å². The van der Waals surface area contributed by atoms with E-state index in [4.69, 9.17) is 17.3 Å². The van der Waals surface area contributed by atoms with Crippen molar-refractivity contribution in [2.24, 2.45) is 5.73 Å². The number of hydrogen-bond donors (Lipinski definition) is 3. The van der Waals surface area contributed by atoms with Crippen molar-refractivity contribution < 1.29 is 4.79 Å². The molecule has 1 fully saturated rings. The zero-order valence-electron chi connectivity index (χ0n) is 11.1. The summed E-state index contributed by atoms with van der Waals surface area (Å²) in [4.78, 5) is 11.9. The Kier molecular flexibility index (Phi) is 4.66. The molecule has 1 saturated carbocycles. The first-order valence-corrected chi connectivity index (χ1v) is 7.03. The lowest BCUT2D eigenvalue weighted by atomic mass is 9.91. The third-order valence-corrected chi connectivity index (χ3v) is 3.97. The third-order valence-electron chi connectivity index (χ3n) is 3.57. The van der Waals surface area contributed by atoms with Gasteiger partial charge < -0.3 is 16.4 Å². The van der Waals surface area contributed by atoms with Crippen molar-refractivity contribution in [3.8, 4) is 0 Å². The molecule has 0 aliphatic heterocycles. The molecule has 0 aromatic heterocycles. The number of rotatable bonds is 2. The van der Waals surface area contributed by atoms with Gasteiger partial charge in [0.2, 0.25) is 0 Å². The van der Waals surface area contributed by atoms with Gasteiger partial charge in [-0.15, -0.1) is 0 Å². The van der Waals surface area contributed by atoms with Gasteiger partial charge in [-0.05, 0) is 37.5 Å². The van der Waals surface area contributed by atoms with Crippen LogP contribution in [0.25, 0.3) is 0 Å². The van der Waals surface area contributed by atoms with Crippen molar-refractivity contribution in [2.75, 3.05) is 5.32 Å². The quantitative estimate of drug-likeness (QED) is 0.780. The van der Waals surface area contributed by atoms with E-state index in [1.54, 1.807) is 6.07 Å². The Balaban J connectivity index is 1.91. The van der Waals surface area contributed by atoms with Crippen LogP contribution in [0, 0.1) is 6.92 Å². The Morgan fingerprint density at radius 1 is 1.37 bits per heavy atom. The van der Waals surface area contributed by atoms with E-state index in [-0.39, 0.29) is 18.1 Å². The smallest absolute Gasteiger partial charge is 0.319 e. The second-order valence-corrected chi connectivity index (χ2v) is 5.52. The van der Waals surface area contributed by atoms with E-state index in [0.29, 0.717) is 10.7 Å². The summed E-state index contributed by atoms with van der Waals surface area (Å²) in [7, 11) is 0. The molecule has 0 radical (unpaired) electrons. The topological polar surface area (TPSA) is 67.2 Å². The summed E-state index contributed by atoms with van der Waals surface area (Å²) >= 11 is 6.02. The second kappa shape index (κ2) is 6.26. The number of anilines is 1. The summed E-state index contributed by atoms with van der Waals surface area (Å²) in [5.41, 5.74) is 7.68. The van der Waals surface area contributed by atoms with Gasteiger partial charge in [-0.25, -0.2) is 4.79 Å². The van der Waals surface area contributed by atoms with Crippen LogP contribution < -0.4 is 16.4 Å². The lowest BCUT2D eigenvalue weighted by Crippen LogP contribution is -2.50. The summed E-state index contributed by atoms with van der Waals surface area (Å²) < 4.78 is 0. The molecule has 1 aliphatic rings. The second-order valence-electron chi connectivity index (χ2n) is 5.12.